The minimum atomic E-state index is -0.358. The Hall–Kier alpha value is -1.12. The Labute approximate surface area is 97.6 Å². The van der Waals surface area contributed by atoms with Crippen LogP contribution in [0.3, 0.4) is 0 Å². The molecule has 2 nitrogen and oxygen atoms in total. The second-order valence-electron chi connectivity index (χ2n) is 3.87. The highest BCUT2D eigenvalue weighted by molar-refractivity contribution is 5.13. The summed E-state index contributed by atoms with van der Waals surface area (Å²) in [7, 11) is 0. The monoisotopic (exact) mass is 220 g/mol. The second kappa shape index (κ2) is 8.08. The minimum absolute atomic E-state index is 0.358. The van der Waals surface area contributed by atoms with E-state index in [1.54, 1.807) is 0 Å². The average molecular weight is 220 g/mol. The molecule has 0 amide bonds. The standard InChI is InChI=1S/C14H20O2/c1-2-3-5-10-14(15)12-16-11-13-8-6-4-7-9-13/h2,4,6-9,14-15H,1,3,5,10-12H2. The van der Waals surface area contributed by atoms with Crippen molar-refractivity contribution >= 4 is 0 Å². The van der Waals surface area contributed by atoms with Gasteiger partial charge in [-0.15, -0.1) is 6.58 Å². The SMILES string of the molecule is C=CCCCC(O)COCc1ccccc1. The Bertz CT molecular complexity index is 282. The number of rotatable bonds is 8. The van der Waals surface area contributed by atoms with E-state index in [9.17, 15) is 5.11 Å². The van der Waals surface area contributed by atoms with Crippen molar-refractivity contribution in [1.29, 1.82) is 0 Å². The number of aliphatic hydroxyl groups is 1. The molecule has 0 heterocycles. The Morgan fingerprint density at radius 3 is 2.75 bits per heavy atom. The van der Waals surface area contributed by atoms with Crippen LogP contribution < -0.4 is 0 Å². The van der Waals surface area contributed by atoms with Crippen molar-refractivity contribution in [2.45, 2.75) is 32.0 Å². The lowest BCUT2D eigenvalue weighted by Crippen LogP contribution is -2.14. The molecule has 88 valence electrons. The van der Waals surface area contributed by atoms with Crippen LogP contribution >= 0.6 is 0 Å². The Kier molecular flexibility index (Phi) is 6.54. The van der Waals surface area contributed by atoms with Crippen LogP contribution in [0.25, 0.3) is 0 Å². The van der Waals surface area contributed by atoms with Gasteiger partial charge in [-0.3, -0.25) is 0 Å². The summed E-state index contributed by atoms with van der Waals surface area (Å²) in [6.45, 7) is 4.62. The lowest BCUT2D eigenvalue weighted by atomic mass is 10.1. The third-order valence-corrected chi connectivity index (χ3v) is 2.37. The summed E-state index contributed by atoms with van der Waals surface area (Å²) >= 11 is 0. The molecule has 0 saturated heterocycles. The number of aliphatic hydroxyl groups excluding tert-OH is 1. The van der Waals surface area contributed by atoms with E-state index < -0.39 is 0 Å². The molecule has 1 aromatic carbocycles. The molecule has 1 unspecified atom stereocenters. The summed E-state index contributed by atoms with van der Waals surface area (Å²) in [6, 6.07) is 9.99. The second-order valence-corrected chi connectivity index (χ2v) is 3.87. The summed E-state index contributed by atoms with van der Waals surface area (Å²) in [6.07, 6.45) is 4.22. The fraction of sp³-hybridized carbons (Fsp3) is 0.429. The van der Waals surface area contributed by atoms with E-state index >= 15 is 0 Å². The van der Waals surface area contributed by atoms with Gasteiger partial charge in [0.1, 0.15) is 0 Å². The summed E-state index contributed by atoms with van der Waals surface area (Å²) in [4.78, 5) is 0. The van der Waals surface area contributed by atoms with Crippen molar-refractivity contribution < 1.29 is 9.84 Å². The molecule has 1 aromatic rings. The maximum atomic E-state index is 9.59. The van der Waals surface area contributed by atoms with Gasteiger partial charge in [0, 0.05) is 0 Å². The highest BCUT2D eigenvalue weighted by Crippen LogP contribution is 2.04. The third-order valence-electron chi connectivity index (χ3n) is 2.37. The van der Waals surface area contributed by atoms with E-state index in [4.69, 9.17) is 4.74 Å². The highest BCUT2D eigenvalue weighted by Gasteiger charge is 2.03. The van der Waals surface area contributed by atoms with E-state index in [2.05, 4.69) is 6.58 Å². The predicted octanol–water partition coefficient (Wildman–Crippen LogP) is 2.92. The molecule has 16 heavy (non-hydrogen) atoms. The van der Waals surface area contributed by atoms with Gasteiger partial charge in [0.05, 0.1) is 19.3 Å². The molecule has 0 aliphatic heterocycles. The number of benzene rings is 1. The van der Waals surface area contributed by atoms with Crippen molar-refractivity contribution in [1.82, 2.24) is 0 Å². The van der Waals surface area contributed by atoms with Crippen LogP contribution in [0.2, 0.25) is 0 Å². The fourth-order valence-electron chi connectivity index (χ4n) is 1.47. The van der Waals surface area contributed by atoms with Gasteiger partial charge >= 0.3 is 0 Å². The highest BCUT2D eigenvalue weighted by atomic mass is 16.5. The number of ether oxygens (including phenoxy) is 1. The van der Waals surface area contributed by atoms with Crippen LogP contribution in [-0.4, -0.2) is 17.8 Å². The first-order valence-corrected chi connectivity index (χ1v) is 5.73. The molecule has 0 aliphatic rings. The Balaban J connectivity index is 2.08. The zero-order chi connectivity index (χ0) is 11.6. The number of hydrogen-bond donors (Lipinski definition) is 1. The molecule has 0 saturated carbocycles. The molecule has 0 aliphatic carbocycles. The van der Waals surface area contributed by atoms with Gasteiger partial charge in [-0.2, -0.15) is 0 Å². The zero-order valence-corrected chi connectivity index (χ0v) is 9.64. The predicted molar refractivity (Wildman–Crippen MR) is 66.2 cm³/mol. The van der Waals surface area contributed by atoms with Gasteiger partial charge in [0.2, 0.25) is 0 Å². The lowest BCUT2D eigenvalue weighted by Gasteiger charge is -2.10. The van der Waals surface area contributed by atoms with Gasteiger partial charge in [-0.1, -0.05) is 36.4 Å². The smallest absolute Gasteiger partial charge is 0.0774 e. The van der Waals surface area contributed by atoms with Crippen LogP contribution in [0.15, 0.2) is 43.0 Å². The van der Waals surface area contributed by atoms with Crippen LogP contribution in [0.5, 0.6) is 0 Å². The van der Waals surface area contributed by atoms with Gasteiger partial charge < -0.3 is 9.84 Å². The first-order valence-electron chi connectivity index (χ1n) is 5.73. The topological polar surface area (TPSA) is 29.5 Å². The summed E-state index contributed by atoms with van der Waals surface area (Å²) in [5, 5.41) is 9.59. The van der Waals surface area contributed by atoms with Gasteiger partial charge in [-0.25, -0.2) is 0 Å². The molecule has 0 fully saturated rings. The molecular weight excluding hydrogens is 200 g/mol. The number of unbranched alkanes of at least 4 members (excludes halogenated alkanes) is 1. The third kappa shape index (κ3) is 5.69. The van der Waals surface area contributed by atoms with E-state index in [-0.39, 0.29) is 6.10 Å². The van der Waals surface area contributed by atoms with E-state index in [1.165, 1.54) is 0 Å². The molecule has 0 radical (unpaired) electrons. The van der Waals surface area contributed by atoms with Crippen molar-refractivity contribution in [3.05, 3.63) is 48.6 Å². The Morgan fingerprint density at radius 2 is 2.06 bits per heavy atom. The first-order chi connectivity index (χ1) is 7.83. The van der Waals surface area contributed by atoms with Gasteiger partial charge in [0.25, 0.3) is 0 Å². The zero-order valence-electron chi connectivity index (χ0n) is 9.64. The maximum Gasteiger partial charge on any atom is 0.0774 e. The summed E-state index contributed by atoms with van der Waals surface area (Å²) in [5.41, 5.74) is 1.14. The molecule has 0 aromatic heterocycles. The molecule has 0 spiro atoms. The van der Waals surface area contributed by atoms with Crippen LogP contribution in [-0.2, 0) is 11.3 Å². The lowest BCUT2D eigenvalue weighted by molar-refractivity contribution is 0.0238. The minimum Gasteiger partial charge on any atom is -0.391 e. The normalized spacial score (nSPS) is 12.3. The molecule has 1 atom stereocenters. The van der Waals surface area contributed by atoms with Gasteiger partial charge in [-0.05, 0) is 24.8 Å². The van der Waals surface area contributed by atoms with Crippen LogP contribution in [0, 0.1) is 0 Å². The van der Waals surface area contributed by atoms with Gasteiger partial charge in [0.15, 0.2) is 0 Å². The van der Waals surface area contributed by atoms with E-state index in [0.717, 1.165) is 24.8 Å². The number of allylic oxidation sites excluding steroid dienone is 1. The molecule has 0 bridgehead atoms. The maximum absolute atomic E-state index is 9.59. The van der Waals surface area contributed by atoms with Crippen molar-refractivity contribution in [3.8, 4) is 0 Å². The van der Waals surface area contributed by atoms with Crippen LogP contribution in [0.4, 0.5) is 0 Å². The average Bonchev–Trinajstić information content (AvgIpc) is 2.31. The summed E-state index contributed by atoms with van der Waals surface area (Å²) in [5.74, 6) is 0. The summed E-state index contributed by atoms with van der Waals surface area (Å²) < 4.78 is 5.44. The number of hydrogen-bond acceptors (Lipinski definition) is 2. The molecular formula is C14H20O2. The largest absolute Gasteiger partial charge is 0.391 e. The van der Waals surface area contributed by atoms with Crippen molar-refractivity contribution in [2.75, 3.05) is 6.61 Å². The Morgan fingerprint density at radius 1 is 1.31 bits per heavy atom. The van der Waals surface area contributed by atoms with Crippen LogP contribution in [0.1, 0.15) is 24.8 Å². The van der Waals surface area contributed by atoms with E-state index in [1.807, 2.05) is 36.4 Å². The molecule has 1 N–H and O–H groups in total. The molecule has 1 rings (SSSR count). The molecule has 2 heteroatoms. The van der Waals surface area contributed by atoms with E-state index in [0.29, 0.717) is 13.2 Å². The van der Waals surface area contributed by atoms with Crippen molar-refractivity contribution in [2.24, 2.45) is 0 Å². The van der Waals surface area contributed by atoms with Crippen molar-refractivity contribution in [3.63, 3.8) is 0 Å². The quantitative estimate of drug-likeness (QED) is 0.539. The first kappa shape index (κ1) is 12.9. The fourth-order valence-corrected chi connectivity index (χ4v) is 1.47.